The lowest BCUT2D eigenvalue weighted by atomic mass is 10.3. The van der Waals surface area contributed by atoms with E-state index in [0.29, 0.717) is 6.61 Å². The smallest absolute Gasteiger partial charge is 0.119 e. The normalized spacial score (nSPS) is 22.1. The summed E-state index contributed by atoms with van der Waals surface area (Å²) in [6.07, 6.45) is 5.63. The minimum Gasteiger partial charge on any atom is -0.491 e. The van der Waals surface area contributed by atoms with Gasteiger partial charge >= 0.3 is 0 Å². The number of nitrogens with zero attached hydrogens (tertiary/aromatic N) is 2. The maximum Gasteiger partial charge on any atom is 0.119 e. The van der Waals surface area contributed by atoms with Crippen LogP contribution in [-0.2, 0) is 4.74 Å². The fourth-order valence-corrected chi connectivity index (χ4v) is 3.63. The zero-order chi connectivity index (χ0) is 13.8. The number of halogens is 1. The highest BCUT2D eigenvalue weighted by atomic mass is 79.9. The van der Waals surface area contributed by atoms with Crippen LogP contribution in [0.3, 0.4) is 0 Å². The van der Waals surface area contributed by atoms with Gasteiger partial charge in [0.2, 0.25) is 0 Å². The Morgan fingerprint density at radius 2 is 2.25 bits per heavy atom. The van der Waals surface area contributed by atoms with Crippen LogP contribution in [0.5, 0.6) is 5.75 Å². The molecule has 0 spiro atoms. The van der Waals surface area contributed by atoms with Gasteiger partial charge in [-0.3, -0.25) is 0 Å². The van der Waals surface area contributed by atoms with E-state index in [4.69, 9.17) is 9.47 Å². The molecule has 1 aliphatic rings. The van der Waals surface area contributed by atoms with E-state index in [1.807, 2.05) is 46.8 Å². The van der Waals surface area contributed by atoms with Crippen molar-refractivity contribution >= 4 is 27.7 Å². The topological polar surface area (TPSA) is 36.3 Å². The standard InChI is InChI=1S/C14H15BrN2O2S/c15-7-14-19-13(9-20-14)8-18-12-3-1-11(2-4-12)17-6-5-16-10-17/h1-6,10,13-14H,7-9H2. The number of alkyl halides is 1. The van der Waals surface area contributed by atoms with Crippen molar-refractivity contribution < 1.29 is 9.47 Å². The quantitative estimate of drug-likeness (QED) is 0.773. The Kier molecular flexibility index (Phi) is 4.65. The fraction of sp³-hybridized carbons (Fsp3) is 0.357. The van der Waals surface area contributed by atoms with Crippen LogP contribution in [0.2, 0.25) is 0 Å². The number of hydrogen-bond donors (Lipinski definition) is 0. The van der Waals surface area contributed by atoms with Gasteiger partial charge in [0.25, 0.3) is 0 Å². The second-order valence-electron chi connectivity index (χ2n) is 4.45. The van der Waals surface area contributed by atoms with E-state index < -0.39 is 0 Å². The predicted octanol–water partition coefficient (Wildman–Crippen LogP) is 3.10. The fourth-order valence-electron chi connectivity index (χ4n) is 1.99. The first kappa shape index (κ1) is 14.0. The Morgan fingerprint density at radius 3 is 2.90 bits per heavy atom. The molecule has 0 N–H and O–H groups in total. The Balaban J connectivity index is 1.54. The van der Waals surface area contributed by atoms with E-state index in [0.717, 1.165) is 22.5 Å². The highest BCUT2D eigenvalue weighted by molar-refractivity contribution is 9.09. The molecule has 2 unspecified atom stereocenters. The summed E-state index contributed by atoms with van der Waals surface area (Å²) in [4.78, 5) is 4.03. The third kappa shape index (κ3) is 3.37. The van der Waals surface area contributed by atoms with Gasteiger partial charge < -0.3 is 14.0 Å². The first-order chi connectivity index (χ1) is 9.85. The van der Waals surface area contributed by atoms with Gasteiger partial charge in [-0.05, 0) is 24.3 Å². The van der Waals surface area contributed by atoms with Gasteiger partial charge in [-0.25, -0.2) is 4.98 Å². The highest BCUT2D eigenvalue weighted by Gasteiger charge is 2.25. The molecule has 1 aliphatic heterocycles. The van der Waals surface area contributed by atoms with E-state index >= 15 is 0 Å². The minimum absolute atomic E-state index is 0.177. The van der Waals surface area contributed by atoms with Crippen LogP contribution in [0.25, 0.3) is 5.69 Å². The Bertz CT molecular complexity index is 533. The lowest BCUT2D eigenvalue weighted by molar-refractivity contribution is 0.0436. The number of hydrogen-bond acceptors (Lipinski definition) is 4. The average molecular weight is 355 g/mol. The average Bonchev–Trinajstić information content (AvgIpc) is 3.17. The maximum absolute atomic E-state index is 5.79. The zero-order valence-electron chi connectivity index (χ0n) is 10.8. The van der Waals surface area contributed by atoms with Gasteiger partial charge in [0.05, 0.1) is 6.33 Å². The number of benzene rings is 1. The van der Waals surface area contributed by atoms with Gasteiger partial charge in [0.15, 0.2) is 0 Å². The molecule has 4 nitrogen and oxygen atoms in total. The van der Waals surface area contributed by atoms with Crippen LogP contribution in [0, 0.1) is 0 Å². The van der Waals surface area contributed by atoms with Crippen molar-refractivity contribution in [2.24, 2.45) is 0 Å². The molecular formula is C14H15BrN2O2S. The Hall–Kier alpha value is -0.980. The van der Waals surface area contributed by atoms with Crippen molar-refractivity contribution in [3.05, 3.63) is 43.0 Å². The summed E-state index contributed by atoms with van der Waals surface area (Å²) < 4.78 is 13.5. The van der Waals surface area contributed by atoms with Crippen LogP contribution in [0.1, 0.15) is 0 Å². The second kappa shape index (κ2) is 6.65. The van der Waals surface area contributed by atoms with Crippen molar-refractivity contribution in [3.63, 3.8) is 0 Å². The summed E-state index contributed by atoms with van der Waals surface area (Å²) in [5.41, 5.74) is 1.33. The van der Waals surface area contributed by atoms with Crippen molar-refractivity contribution in [2.75, 3.05) is 17.7 Å². The van der Waals surface area contributed by atoms with E-state index in [1.54, 1.807) is 12.5 Å². The van der Waals surface area contributed by atoms with Gasteiger partial charge in [-0.2, -0.15) is 0 Å². The first-order valence-corrected chi connectivity index (χ1v) is 8.56. The third-order valence-electron chi connectivity index (χ3n) is 3.01. The monoisotopic (exact) mass is 354 g/mol. The highest BCUT2D eigenvalue weighted by Crippen LogP contribution is 2.27. The number of imidazole rings is 1. The van der Waals surface area contributed by atoms with Crippen LogP contribution in [0.15, 0.2) is 43.0 Å². The van der Waals surface area contributed by atoms with Crippen LogP contribution in [0.4, 0.5) is 0 Å². The molecule has 1 aromatic heterocycles. The van der Waals surface area contributed by atoms with Crippen molar-refractivity contribution in [1.29, 1.82) is 0 Å². The summed E-state index contributed by atoms with van der Waals surface area (Å²) in [5, 5.41) is 0.869. The predicted molar refractivity (Wildman–Crippen MR) is 84.0 cm³/mol. The second-order valence-corrected chi connectivity index (χ2v) is 6.29. The number of thioether (sulfide) groups is 1. The molecule has 2 atom stereocenters. The summed E-state index contributed by atoms with van der Waals surface area (Å²) in [5.74, 6) is 1.85. The van der Waals surface area contributed by atoms with E-state index in [-0.39, 0.29) is 11.5 Å². The van der Waals surface area contributed by atoms with Crippen LogP contribution < -0.4 is 4.74 Å². The lowest BCUT2D eigenvalue weighted by Gasteiger charge is -2.12. The first-order valence-electron chi connectivity index (χ1n) is 6.39. The van der Waals surface area contributed by atoms with Crippen molar-refractivity contribution in [3.8, 4) is 11.4 Å². The molecule has 6 heteroatoms. The molecule has 20 heavy (non-hydrogen) atoms. The molecule has 0 radical (unpaired) electrons. The molecule has 0 bridgehead atoms. The molecule has 2 aromatic rings. The van der Waals surface area contributed by atoms with Crippen LogP contribution >= 0.6 is 27.7 Å². The number of rotatable bonds is 5. The molecule has 1 fully saturated rings. The van der Waals surface area contributed by atoms with Gasteiger partial charge in [-0.15, -0.1) is 11.8 Å². The minimum atomic E-state index is 0.177. The molecule has 1 saturated heterocycles. The summed E-state index contributed by atoms with van der Waals surface area (Å²) in [6.45, 7) is 0.598. The lowest BCUT2D eigenvalue weighted by Crippen LogP contribution is -2.21. The van der Waals surface area contributed by atoms with Crippen LogP contribution in [-0.4, -0.2) is 38.8 Å². The van der Waals surface area contributed by atoms with Crippen molar-refractivity contribution in [2.45, 2.75) is 11.5 Å². The van der Waals surface area contributed by atoms with Gasteiger partial charge in [-0.1, -0.05) is 15.9 Å². The van der Waals surface area contributed by atoms with E-state index in [9.17, 15) is 0 Å². The number of ether oxygens (including phenoxy) is 2. The summed E-state index contributed by atoms with van der Waals surface area (Å²) >= 11 is 5.26. The summed E-state index contributed by atoms with van der Waals surface area (Å²) in [7, 11) is 0. The molecule has 0 aliphatic carbocycles. The van der Waals surface area contributed by atoms with Gasteiger partial charge in [0, 0.05) is 29.2 Å². The SMILES string of the molecule is BrCC1OC(COc2ccc(-n3ccnc3)cc2)CS1. The molecule has 3 rings (SSSR count). The zero-order valence-corrected chi connectivity index (χ0v) is 13.2. The molecular weight excluding hydrogens is 340 g/mol. The van der Waals surface area contributed by atoms with E-state index in [2.05, 4.69) is 20.9 Å². The molecule has 1 aromatic carbocycles. The largest absolute Gasteiger partial charge is 0.491 e. The maximum atomic E-state index is 5.79. The third-order valence-corrected chi connectivity index (χ3v) is 5.24. The molecule has 2 heterocycles. The van der Waals surface area contributed by atoms with Crippen molar-refractivity contribution in [1.82, 2.24) is 9.55 Å². The molecule has 106 valence electrons. The number of aromatic nitrogens is 2. The Morgan fingerprint density at radius 1 is 1.40 bits per heavy atom. The Labute approximate surface area is 130 Å². The molecule has 0 amide bonds. The molecule has 0 saturated carbocycles. The van der Waals surface area contributed by atoms with Gasteiger partial charge in [0.1, 0.15) is 23.9 Å². The van der Waals surface area contributed by atoms with E-state index in [1.165, 1.54) is 0 Å². The summed E-state index contributed by atoms with van der Waals surface area (Å²) in [6, 6.07) is 7.98.